The van der Waals surface area contributed by atoms with Crippen LogP contribution in [0.3, 0.4) is 0 Å². The largest absolute Gasteiger partial charge is 0.114 e. The first-order chi connectivity index (χ1) is 5.97. The first kappa shape index (κ1) is 10.0. The minimum absolute atomic E-state index is 0. The average molecular weight is 235 g/mol. The van der Waals surface area contributed by atoms with E-state index < -0.39 is 0 Å². The minimum atomic E-state index is 0. The van der Waals surface area contributed by atoms with Gasteiger partial charge in [0.05, 0.1) is 0 Å². The Hall–Kier alpha value is -1.08. The van der Waals surface area contributed by atoms with Gasteiger partial charge < -0.3 is 0 Å². The first-order valence-electron chi connectivity index (χ1n) is 4.07. The van der Waals surface area contributed by atoms with Crippen LogP contribution in [0.15, 0.2) is 60.7 Å². The molecule has 0 bridgehead atoms. The maximum absolute atomic E-state index is 2.12. The monoisotopic (exact) mass is 234 g/mol. The molecule has 0 N–H and O–H groups in total. The molecule has 1 heteroatoms. The van der Waals surface area contributed by atoms with Gasteiger partial charge in [-0.1, -0.05) is 60.7 Å². The molecule has 0 spiro atoms. The van der Waals surface area contributed by atoms with Crippen LogP contribution in [0.5, 0.6) is 0 Å². The van der Waals surface area contributed by atoms with Gasteiger partial charge in [-0.05, 0) is 11.1 Å². The lowest BCUT2D eigenvalue weighted by atomic mass is 10.1. The van der Waals surface area contributed by atoms with Gasteiger partial charge >= 0.3 is 0 Å². The van der Waals surface area contributed by atoms with E-state index in [0.29, 0.717) is 0 Å². The normalized spacial score (nSPS) is 8.92. The zero-order chi connectivity index (χ0) is 8.23. The predicted molar refractivity (Wildman–Crippen MR) is 62.2 cm³/mol. The number of rotatable bonds is 1. The third kappa shape index (κ3) is 2.43. The number of hydrogen-bond donors (Lipinski definition) is 0. The summed E-state index contributed by atoms with van der Waals surface area (Å²) in [5, 5.41) is 0. The Morgan fingerprint density at radius 3 is 1.08 bits per heavy atom. The second-order valence-electron chi connectivity index (χ2n) is 2.73. The van der Waals surface area contributed by atoms with E-state index in [0.717, 1.165) is 0 Å². The van der Waals surface area contributed by atoms with Gasteiger partial charge in [-0.2, -0.15) is 0 Å². The summed E-state index contributed by atoms with van der Waals surface area (Å²) < 4.78 is 0. The van der Waals surface area contributed by atoms with Crippen LogP contribution in [0.1, 0.15) is 0 Å². The molecule has 66 valence electrons. The molecule has 0 aliphatic rings. The summed E-state index contributed by atoms with van der Waals surface area (Å²) in [4.78, 5) is 0. The molecule has 2 aromatic carbocycles. The lowest BCUT2D eigenvalue weighted by molar-refractivity contribution is 1.62. The molecule has 2 rings (SSSR count). The van der Waals surface area contributed by atoms with E-state index in [4.69, 9.17) is 0 Å². The van der Waals surface area contributed by atoms with Crippen molar-refractivity contribution < 1.29 is 0 Å². The Morgan fingerprint density at radius 2 is 0.769 bits per heavy atom. The standard InChI is InChI=1S/C12H10.BrH/c1-3-7-11(8-4-1)12-9-5-2-6-10-12;/h1-10H;1H. The lowest BCUT2D eigenvalue weighted by Crippen LogP contribution is -1.73. The molecule has 0 atom stereocenters. The maximum Gasteiger partial charge on any atom is -0.0184 e. The SMILES string of the molecule is Br.c1ccc(-c2ccccc2)cc1. The number of halogens is 1. The van der Waals surface area contributed by atoms with Gasteiger partial charge in [0.1, 0.15) is 0 Å². The van der Waals surface area contributed by atoms with Crippen molar-refractivity contribution in [1.82, 2.24) is 0 Å². The summed E-state index contributed by atoms with van der Waals surface area (Å²) in [6.45, 7) is 0. The van der Waals surface area contributed by atoms with Crippen LogP contribution in [0.25, 0.3) is 11.1 Å². The molecule has 0 unspecified atom stereocenters. The average Bonchev–Trinajstić information content (AvgIpc) is 2.21. The molecule has 0 aliphatic carbocycles. The van der Waals surface area contributed by atoms with Crippen LogP contribution in [0, 0.1) is 0 Å². The van der Waals surface area contributed by atoms with Crippen molar-refractivity contribution >= 4 is 17.0 Å². The number of benzene rings is 2. The first-order valence-corrected chi connectivity index (χ1v) is 4.07. The smallest absolute Gasteiger partial charge is 0.0184 e. The van der Waals surface area contributed by atoms with Crippen LogP contribution in [0.4, 0.5) is 0 Å². The molecule has 0 amide bonds. The fourth-order valence-corrected chi connectivity index (χ4v) is 1.26. The van der Waals surface area contributed by atoms with Crippen LogP contribution in [-0.4, -0.2) is 0 Å². The van der Waals surface area contributed by atoms with Crippen molar-refractivity contribution in [2.45, 2.75) is 0 Å². The highest BCUT2D eigenvalue weighted by Crippen LogP contribution is 2.17. The fraction of sp³-hybridized carbons (Fsp3) is 0. The lowest BCUT2D eigenvalue weighted by Gasteiger charge is -1.98. The molecular weight excluding hydrogens is 224 g/mol. The quantitative estimate of drug-likeness (QED) is 0.702. The minimum Gasteiger partial charge on any atom is -0.114 e. The van der Waals surface area contributed by atoms with Gasteiger partial charge in [-0.25, -0.2) is 0 Å². The van der Waals surface area contributed by atoms with Crippen LogP contribution >= 0.6 is 17.0 Å². The zero-order valence-electron chi connectivity index (χ0n) is 7.18. The third-order valence-electron chi connectivity index (χ3n) is 1.88. The van der Waals surface area contributed by atoms with Crippen molar-refractivity contribution in [2.24, 2.45) is 0 Å². The van der Waals surface area contributed by atoms with Crippen LogP contribution in [-0.2, 0) is 0 Å². The van der Waals surface area contributed by atoms with E-state index in [2.05, 4.69) is 48.5 Å². The van der Waals surface area contributed by atoms with Gasteiger partial charge in [-0.15, -0.1) is 17.0 Å². The predicted octanol–water partition coefficient (Wildman–Crippen LogP) is 3.93. The molecule has 0 nitrogen and oxygen atoms in total. The van der Waals surface area contributed by atoms with Crippen molar-refractivity contribution in [3.8, 4) is 11.1 Å². The summed E-state index contributed by atoms with van der Waals surface area (Å²) in [5.41, 5.74) is 2.55. The Labute approximate surface area is 89.0 Å². The van der Waals surface area contributed by atoms with Crippen molar-refractivity contribution in [2.75, 3.05) is 0 Å². The Morgan fingerprint density at radius 1 is 0.462 bits per heavy atom. The Balaban J connectivity index is 0.000000845. The summed E-state index contributed by atoms with van der Waals surface area (Å²) >= 11 is 0. The summed E-state index contributed by atoms with van der Waals surface area (Å²) in [6, 6.07) is 20.8. The van der Waals surface area contributed by atoms with Crippen LogP contribution < -0.4 is 0 Å². The molecule has 0 heterocycles. The Kier molecular flexibility index (Phi) is 3.71. The van der Waals surface area contributed by atoms with Gasteiger partial charge in [-0.3, -0.25) is 0 Å². The second-order valence-corrected chi connectivity index (χ2v) is 2.73. The van der Waals surface area contributed by atoms with E-state index in [9.17, 15) is 0 Å². The van der Waals surface area contributed by atoms with E-state index >= 15 is 0 Å². The molecule has 0 aliphatic heterocycles. The molecule has 0 aromatic heterocycles. The van der Waals surface area contributed by atoms with Gasteiger partial charge in [0.15, 0.2) is 0 Å². The molecule has 13 heavy (non-hydrogen) atoms. The summed E-state index contributed by atoms with van der Waals surface area (Å²) in [6.07, 6.45) is 0. The van der Waals surface area contributed by atoms with Gasteiger partial charge in [0.25, 0.3) is 0 Å². The van der Waals surface area contributed by atoms with Crippen molar-refractivity contribution in [3.05, 3.63) is 60.7 Å². The van der Waals surface area contributed by atoms with E-state index in [1.165, 1.54) is 11.1 Å². The highest BCUT2D eigenvalue weighted by atomic mass is 79.9. The Bertz CT molecular complexity index is 303. The molecule has 0 saturated heterocycles. The van der Waals surface area contributed by atoms with Crippen LogP contribution in [0.2, 0.25) is 0 Å². The number of hydrogen-bond acceptors (Lipinski definition) is 0. The highest BCUT2D eigenvalue weighted by Gasteiger charge is 1.91. The second kappa shape index (κ2) is 4.83. The highest BCUT2D eigenvalue weighted by molar-refractivity contribution is 8.93. The summed E-state index contributed by atoms with van der Waals surface area (Å²) in [7, 11) is 0. The van der Waals surface area contributed by atoms with E-state index in [-0.39, 0.29) is 17.0 Å². The van der Waals surface area contributed by atoms with E-state index in [1.807, 2.05) is 12.1 Å². The molecule has 0 saturated carbocycles. The molecular formula is C12H11Br. The van der Waals surface area contributed by atoms with Gasteiger partial charge in [0.2, 0.25) is 0 Å². The summed E-state index contributed by atoms with van der Waals surface area (Å²) in [5.74, 6) is 0. The molecule has 0 fully saturated rings. The zero-order valence-corrected chi connectivity index (χ0v) is 8.89. The molecule has 2 aromatic rings. The maximum atomic E-state index is 2.12. The third-order valence-corrected chi connectivity index (χ3v) is 1.88. The van der Waals surface area contributed by atoms with Crippen molar-refractivity contribution in [3.63, 3.8) is 0 Å². The van der Waals surface area contributed by atoms with Gasteiger partial charge in [0, 0.05) is 0 Å². The molecule has 0 radical (unpaired) electrons. The fourth-order valence-electron chi connectivity index (χ4n) is 1.26. The van der Waals surface area contributed by atoms with E-state index in [1.54, 1.807) is 0 Å². The van der Waals surface area contributed by atoms with Crippen molar-refractivity contribution in [1.29, 1.82) is 0 Å². The topological polar surface area (TPSA) is 0 Å².